The Morgan fingerprint density at radius 3 is 2.00 bits per heavy atom. The van der Waals surface area contributed by atoms with Crippen molar-refractivity contribution in [1.82, 2.24) is 9.88 Å². The van der Waals surface area contributed by atoms with E-state index in [4.69, 9.17) is 9.41 Å². The predicted octanol–water partition coefficient (Wildman–Crippen LogP) is 9.82. The molecule has 9 rings (SSSR count). The predicted molar refractivity (Wildman–Crippen MR) is 181 cm³/mol. The third-order valence-corrected chi connectivity index (χ3v) is 8.64. The second kappa shape index (κ2) is 9.85. The van der Waals surface area contributed by atoms with Crippen LogP contribution < -0.4 is 5.32 Å². The Kier molecular flexibility index (Phi) is 5.53. The van der Waals surface area contributed by atoms with Gasteiger partial charge in [0.2, 0.25) is 0 Å². The van der Waals surface area contributed by atoms with Crippen molar-refractivity contribution in [3.05, 3.63) is 168 Å². The number of fused-ring (bicyclic) bond motifs is 6. The van der Waals surface area contributed by atoms with Gasteiger partial charge in [0.05, 0.1) is 33.8 Å². The summed E-state index contributed by atoms with van der Waals surface area (Å²) in [6, 6.07) is 50.9. The minimum absolute atomic E-state index is 0.0103. The summed E-state index contributed by atoms with van der Waals surface area (Å²) in [5, 5.41) is 8.34. The van der Waals surface area contributed by atoms with Crippen LogP contribution in [0.3, 0.4) is 0 Å². The highest BCUT2D eigenvalue weighted by Gasteiger charge is 2.22. The SMILES string of the molecule is C1=C(c2ccccc2)N=C(c2ccc3oc4cccc(-n5c6ccccc6c6ccccc65)c4c3c2)NC1c1ccccc1. The molecule has 0 radical (unpaired) electrons. The number of rotatable bonds is 4. The third kappa shape index (κ3) is 3.89. The summed E-state index contributed by atoms with van der Waals surface area (Å²) in [4.78, 5) is 5.15. The maximum absolute atomic E-state index is 6.45. The minimum Gasteiger partial charge on any atom is -0.456 e. The molecule has 0 bridgehead atoms. The molecule has 0 aliphatic carbocycles. The Labute approximate surface area is 254 Å². The van der Waals surface area contributed by atoms with Gasteiger partial charge in [-0.05, 0) is 59.7 Å². The fourth-order valence-electron chi connectivity index (χ4n) is 6.62. The monoisotopic (exact) mass is 565 g/mol. The first kappa shape index (κ1) is 24.7. The van der Waals surface area contributed by atoms with E-state index in [1.165, 1.54) is 27.4 Å². The Hall–Kier alpha value is -5.87. The second-order valence-corrected chi connectivity index (χ2v) is 11.2. The van der Waals surface area contributed by atoms with Crippen LogP contribution in [0.25, 0.3) is 55.1 Å². The molecule has 0 spiro atoms. The number of furan rings is 1. The van der Waals surface area contributed by atoms with Crippen molar-refractivity contribution in [3.63, 3.8) is 0 Å². The molecule has 0 saturated carbocycles. The van der Waals surface area contributed by atoms with Crippen molar-refractivity contribution in [3.8, 4) is 5.69 Å². The number of amidine groups is 1. The van der Waals surface area contributed by atoms with E-state index in [0.717, 1.165) is 50.3 Å². The summed E-state index contributed by atoms with van der Waals surface area (Å²) < 4.78 is 8.82. The Morgan fingerprint density at radius 2 is 1.25 bits per heavy atom. The van der Waals surface area contributed by atoms with Gasteiger partial charge in [-0.1, -0.05) is 103 Å². The molecule has 6 aromatic carbocycles. The number of nitrogens with zero attached hydrogens (tertiary/aromatic N) is 2. The lowest BCUT2D eigenvalue weighted by atomic mass is 10.00. The van der Waals surface area contributed by atoms with Gasteiger partial charge in [-0.25, -0.2) is 4.99 Å². The van der Waals surface area contributed by atoms with Crippen molar-refractivity contribution in [2.24, 2.45) is 4.99 Å². The molecule has 8 aromatic rings. The summed E-state index contributed by atoms with van der Waals surface area (Å²) in [7, 11) is 0. The molecule has 1 aliphatic rings. The number of nitrogens with one attached hydrogen (secondary N) is 1. The Bertz CT molecular complexity index is 2360. The van der Waals surface area contributed by atoms with Gasteiger partial charge in [0.1, 0.15) is 17.0 Å². The highest BCUT2D eigenvalue weighted by Crippen LogP contribution is 2.39. The molecule has 4 heteroatoms. The molecule has 1 unspecified atom stereocenters. The molecule has 1 aliphatic heterocycles. The molecule has 2 aromatic heterocycles. The third-order valence-electron chi connectivity index (χ3n) is 8.64. The molecule has 0 saturated heterocycles. The van der Waals surface area contributed by atoms with Crippen LogP contribution in [0.15, 0.2) is 161 Å². The Morgan fingerprint density at radius 1 is 0.568 bits per heavy atom. The molecule has 3 heterocycles. The number of aromatic nitrogens is 1. The van der Waals surface area contributed by atoms with Crippen LogP contribution in [0, 0.1) is 0 Å². The molecule has 208 valence electrons. The van der Waals surface area contributed by atoms with E-state index in [2.05, 4.69) is 155 Å². The lowest BCUT2D eigenvalue weighted by molar-refractivity contribution is 0.669. The fraction of sp³-hybridized carbons (Fsp3) is 0.0250. The van der Waals surface area contributed by atoms with Crippen LogP contribution in [0.1, 0.15) is 22.7 Å². The van der Waals surface area contributed by atoms with Crippen molar-refractivity contribution >= 4 is 55.3 Å². The zero-order valence-corrected chi connectivity index (χ0v) is 23.8. The largest absolute Gasteiger partial charge is 0.456 e. The topological polar surface area (TPSA) is 42.5 Å². The van der Waals surface area contributed by atoms with Gasteiger partial charge in [-0.15, -0.1) is 0 Å². The van der Waals surface area contributed by atoms with E-state index in [-0.39, 0.29) is 6.04 Å². The number of aliphatic imine (C=N–C) groups is 1. The lowest BCUT2D eigenvalue weighted by Crippen LogP contribution is -2.31. The maximum atomic E-state index is 6.45. The smallest absolute Gasteiger partial charge is 0.137 e. The zero-order chi connectivity index (χ0) is 29.0. The van der Waals surface area contributed by atoms with E-state index in [9.17, 15) is 0 Å². The van der Waals surface area contributed by atoms with E-state index < -0.39 is 0 Å². The number of para-hydroxylation sites is 2. The first-order valence-electron chi connectivity index (χ1n) is 14.9. The van der Waals surface area contributed by atoms with E-state index in [1.54, 1.807) is 0 Å². The summed E-state index contributed by atoms with van der Waals surface area (Å²) in [5.41, 5.74) is 9.42. The number of hydrogen-bond acceptors (Lipinski definition) is 3. The van der Waals surface area contributed by atoms with Gasteiger partial charge in [0.25, 0.3) is 0 Å². The van der Waals surface area contributed by atoms with E-state index in [1.807, 2.05) is 6.07 Å². The van der Waals surface area contributed by atoms with Gasteiger partial charge >= 0.3 is 0 Å². The maximum Gasteiger partial charge on any atom is 0.137 e. The van der Waals surface area contributed by atoms with Gasteiger partial charge in [-0.2, -0.15) is 0 Å². The quantitative estimate of drug-likeness (QED) is 0.231. The molecular formula is C40H27N3O. The van der Waals surface area contributed by atoms with Gasteiger partial charge < -0.3 is 14.3 Å². The second-order valence-electron chi connectivity index (χ2n) is 11.2. The average Bonchev–Trinajstić information content (AvgIpc) is 3.64. The first-order chi connectivity index (χ1) is 21.8. The van der Waals surface area contributed by atoms with Crippen LogP contribution in [-0.4, -0.2) is 10.4 Å². The van der Waals surface area contributed by atoms with Crippen molar-refractivity contribution in [2.75, 3.05) is 0 Å². The first-order valence-corrected chi connectivity index (χ1v) is 14.9. The van der Waals surface area contributed by atoms with Crippen LogP contribution in [0.5, 0.6) is 0 Å². The lowest BCUT2D eigenvalue weighted by Gasteiger charge is -2.24. The molecule has 44 heavy (non-hydrogen) atoms. The van der Waals surface area contributed by atoms with E-state index in [0.29, 0.717) is 0 Å². The van der Waals surface area contributed by atoms with Crippen LogP contribution in [0.2, 0.25) is 0 Å². The molecule has 1 N–H and O–H groups in total. The standard InChI is InChI=1S/C40H27N3O/c1-3-12-26(13-4-1)32-25-33(27-14-5-2-6-15-27)42-40(41-32)28-22-23-37-31(24-28)39-36(20-11-21-38(39)44-37)43-34-18-9-7-16-29(34)30-17-8-10-19-35(30)43/h1-25,32H,(H,41,42). The molecule has 1 atom stereocenters. The minimum atomic E-state index is -0.0103. The highest BCUT2D eigenvalue weighted by molar-refractivity contribution is 6.16. The van der Waals surface area contributed by atoms with Gasteiger partial charge in [0.15, 0.2) is 0 Å². The molecule has 0 fully saturated rings. The highest BCUT2D eigenvalue weighted by atomic mass is 16.3. The normalized spacial score (nSPS) is 15.0. The van der Waals surface area contributed by atoms with Crippen molar-refractivity contribution in [2.45, 2.75) is 6.04 Å². The number of hydrogen-bond donors (Lipinski definition) is 1. The summed E-state index contributed by atoms with van der Waals surface area (Å²) in [5.74, 6) is 0.839. The summed E-state index contributed by atoms with van der Waals surface area (Å²) in [6.07, 6.45) is 2.21. The zero-order valence-electron chi connectivity index (χ0n) is 23.8. The van der Waals surface area contributed by atoms with Crippen molar-refractivity contribution in [1.29, 1.82) is 0 Å². The average molecular weight is 566 g/mol. The summed E-state index contributed by atoms with van der Waals surface area (Å²) in [6.45, 7) is 0. The van der Waals surface area contributed by atoms with Crippen molar-refractivity contribution < 1.29 is 4.42 Å². The molecule has 4 nitrogen and oxygen atoms in total. The van der Waals surface area contributed by atoms with Gasteiger partial charge in [0, 0.05) is 21.7 Å². The van der Waals surface area contributed by atoms with Crippen LogP contribution in [0.4, 0.5) is 0 Å². The fourth-order valence-corrected chi connectivity index (χ4v) is 6.62. The van der Waals surface area contributed by atoms with Crippen LogP contribution >= 0.6 is 0 Å². The number of benzene rings is 6. The molecule has 0 amide bonds. The summed E-state index contributed by atoms with van der Waals surface area (Å²) >= 11 is 0. The Balaban J connectivity index is 1.25. The van der Waals surface area contributed by atoms with Gasteiger partial charge in [-0.3, -0.25) is 0 Å². The van der Waals surface area contributed by atoms with E-state index >= 15 is 0 Å². The van der Waals surface area contributed by atoms with Crippen LogP contribution in [-0.2, 0) is 0 Å². The molecular weight excluding hydrogens is 538 g/mol.